The number of ether oxygens (including phenoxy) is 2. The zero-order chi connectivity index (χ0) is 21.6. The van der Waals surface area contributed by atoms with Gasteiger partial charge in [0, 0.05) is 11.1 Å². The topological polar surface area (TPSA) is 99.6 Å². The van der Waals surface area contributed by atoms with Crippen molar-refractivity contribution in [2.45, 2.75) is 13.5 Å². The molecule has 2 aromatic carbocycles. The number of benzene rings is 2. The van der Waals surface area contributed by atoms with Gasteiger partial charge in [-0.15, -0.1) is 0 Å². The first-order chi connectivity index (χ1) is 15.1. The van der Waals surface area contributed by atoms with Crippen LogP contribution in [-0.4, -0.2) is 29.8 Å². The number of nitrogens with one attached hydrogen (secondary N) is 1. The van der Waals surface area contributed by atoms with Gasteiger partial charge >= 0.3 is 0 Å². The number of furan rings is 1. The summed E-state index contributed by atoms with van der Waals surface area (Å²) in [6.07, 6.45) is 1.55. The van der Waals surface area contributed by atoms with Gasteiger partial charge in [0.1, 0.15) is 5.76 Å². The van der Waals surface area contributed by atoms with Crippen molar-refractivity contribution in [3.8, 4) is 34.3 Å². The molecule has 0 fully saturated rings. The van der Waals surface area contributed by atoms with Crippen molar-refractivity contribution in [3.05, 3.63) is 72.2 Å². The van der Waals surface area contributed by atoms with Gasteiger partial charge in [0.25, 0.3) is 11.8 Å². The summed E-state index contributed by atoms with van der Waals surface area (Å²) in [4.78, 5) is 16.5. The lowest BCUT2D eigenvalue weighted by Gasteiger charge is -2.11. The van der Waals surface area contributed by atoms with Crippen LogP contribution < -0.4 is 14.8 Å². The van der Waals surface area contributed by atoms with Gasteiger partial charge in [-0.3, -0.25) is 4.79 Å². The van der Waals surface area contributed by atoms with Crippen molar-refractivity contribution >= 4 is 5.91 Å². The number of hydrogen-bond acceptors (Lipinski definition) is 7. The summed E-state index contributed by atoms with van der Waals surface area (Å²) in [6.45, 7) is 2.16. The first-order valence-corrected chi connectivity index (χ1v) is 9.63. The number of rotatable bonds is 8. The van der Waals surface area contributed by atoms with Gasteiger partial charge in [-0.05, 0) is 49.4 Å². The Morgan fingerprint density at radius 2 is 1.87 bits per heavy atom. The molecule has 0 aliphatic rings. The zero-order valence-corrected chi connectivity index (χ0v) is 17.1. The lowest BCUT2D eigenvalue weighted by atomic mass is 10.1. The van der Waals surface area contributed by atoms with E-state index < -0.39 is 0 Å². The van der Waals surface area contributed by atoms with E-state index >= 15 is 0 Å². The van der Waals surface area contributed by atoms with Gasteiger partial charge in [0.05, 0.1) is 19.9 Å². The Bertz CT molecular complexity index is 1150. The van der Waals surface area contributed by atoms with Crippen molar-refractivity contribution in [2.24, 2.45) is 0 Å². The Balaban J connectivity index is 1.42. The molecular weight excluding hydrogens is 398 g/mol. The molecule has 0 radical (unpaired) electrons. The Morgan fingerprint density at radius 3 is 2.61 bits per heavy atom. The fourth-order valence-electron chi connectivity index (χ4n) is 2.87. The van der Waals surface area contributed by atoms with Crippen LogP contribution in [0.1, 0.15) is 11.3 Å². The maximum absolute atomic E-state index is 12.0. The molecule has 0 atom stereocenters. The van der Waals surface area contributed by atoms with Crippen LogP contribution >= 0.6 is 0 Å². The molecule has 8 heteroatoms. The Kier molecular flexibility index (Phi) is 5.98. The van der Waals surface area contributed by atoms with E-state index in [0.717, 1.165) is 11.1 Å². The van der Waals surface area contributed by atoms with E-state index in [2.05, 4.69) is 15.5 Å². The van der Waals surface area contributed by atoms with Gasteiger partial charge in [-0.2, -0.15) is 4.98 Å². The number of hydrogen-bond donors (Lipinski definition) is 1. The predicted molar refractivity (Wildman–Crippen MR) is 113 cm³/mol. The van der Waals surface area contributed by atoms with Crippen molar-refractivity contribution in [1.82, 2.24) is 15.5 Å². The predicted octanol–water partition coefficient (Wildman–Crippen LogP) is 4.01. The quantitative estimate of drug-likeness (QED) is 0.461. The maximum atomic E-state index is 12.0. The number of amides is 1. The summed E-state index contributed by atoms with van der Waals surface area (Å²) in [5.41, 5.74) is 2.70. The van der Waals surface area contributed by atoms with Gasteiger partial charge in [0.15, 0.2) is 18.1 Å². The average molecular weight is 419 g/mol. The van der Waals surface area contributed by atoms with Crippen LogP contribution in [0.4, 0.5) is 0 Å². The fraction of sp³-hybridized carbons (Fsp3) is 0.174. The minimum Gasteiger partial charge on any atom is -0.493 e. The van der Waals surface area contributed by atoms with Gasteiger partial charge in [-0.1, -0.05) is 22.9 Å². The van der Waals surface area contributed by atoms with Crippen molar-refractivity contribution < 1.29 is 23.2 Å². The highest BCUT2D eigenvalue weighted by Crippen LogP contribution is 2.32. The molecule has 0 aliphatic heterocycles. The SMILES string of the molecule is COc1cc(-c2noc(-c3ccc(C)cc3)n2)ccc1OCC(=O)NCc1ccco1. The van der Waals surface area contributed by atoms with E-state index in [4.69, 9.17) is 18.4 Å². The molecule has 8 nitrogen and oxygen atoms in total. The van der Waals surface area contributed by atoms with Gasteiger partial charge in [-0.25, -0.2) is 0 Å². The molecule has 0 unspecified atom stereocenters. The van der Waals surface area contributed by atoms with E-state index in [1.807, 2.05) is 31.2 Å². The second-order valence-electron chi connectivity index (χ2n) is 6.80. The summed E-state index contributed by atoms with van der Waals surface area (Å²) >= 11 is 0. The van der Waals surface area contributed by atoms with Gasteiger partial charge < -0.3 is 23.7 Å². The lowest BCUT2D eigenvalue weighted by molar-refractivity contribution is -0.123. The standard InChI is InChI=1S/C23H21N3O5/c1-15-5-7-16(8-6-15)23-25-22(26-31-23)17-9-10-19(20(12-17)28-2)30-14-21(27)24-13-18-4-3-11-29-18/h3-12H,13-14H2,1-2H3,(H,24,27). The van der Waals surface area contributed by atoms with Crippen LogP contribution in [0.25, 0.3) is 22.8 Å². The van der Waals surface area contributed by atoms with E-state index in [0.29, 0.717) is 41.1 Å². The van der Waals surface area contributed by atoms with Crippen LogP contribution in [0, 0.1) is 6.92 Å². The molecule has 1 N–H and O–H groups in total. The Hall–Kier alpha value is -4.07. The van der Waals surface area contributed by atoms with Crippen LogP contribution in [0.15, 0.2) is 69.8 Å². The van der Waals surface area contributed by atoms with E-state index in [1.165, 1.54) is 7.11 Å². The van der Waals surface area contributed by atoms with Crippen LogP contribution in [0.2, 0.25) is 0 Å². The summed E-state index contributed by atoms with van der Waals surface area (Å²) in [5, 5.41) is 6.78. The van der Waals surface area contributed by atoms with Crippen molar-refractivity contribution in [1.29, 1.82) is 0 Å². The van der Waals surface area contributed by atoms with Crippen LogP contribution in [0.3, 0.4) is 0 Å². The first-order valence-electron chi connectivity index (χ1n) is 9.63. The number of carbonyl (C=O) groups is 1. The Morgan fingerprint density at radius 1 is 1.06 bits per heavy atom. The lowest BCUT2D eigenvalue weighted by Crippen LogP contribution is -2.28. The summed E-state index contributed by atoms with van der Waals surface area (Å²) in [6, 6.07) is 16.6. The van der Waals surface area contributed by atoms with E-state index in [-0.39, 0.29) is 12.5 Å². The molecule has 0 spiro atoms. The summed E-state index contributed by atoms with van der Waals surface area (Å²) < 4.78 is 21.6. The largest absolute Gasteiger partial charge is 0.493 e. The minimum absolute atomic E-state index is 0.157. The summed E-state index contributed by atoms with van der Waals surface area (Å²) in [5.74, 6) is 2.14. The second kappa shape index (κ2) is 9.17. The molecular formula is C23H21N3O5. The van der Waals surface area contributed by atoms with E-state index in [1.54, 1.807) is 36.6 Å². The first kappa shape index (κ1) is 20.2. The number of methoxy groups -OCH3 is 1. The molecule has 0 aliphatic carbocycles. The van der Waals surface area contributed by atoms with Crippen molar-refractivity contribution in [2.75, 3.05) is 13.7 Å². The third-order valence-corrected chi connectivity index (χ3v) is 4.55. The number of carbonyl (C=O) groups excluding carboxylic acids is 1. The molecule has 2 aromatic heterocycles. The molecule has 0 bridgehead atoms. The smallest absolute Gasteiger partial charge is 0.258 e. The third kappa shape index (κ3) is 4.92. The monoisotopic (exact) mass is 419 g/mol. The number of aromatic nitrogens is 2. The summed E-state index contributed by atoms with van der Waals surface area (Å²) in [7, 11) is 1.52. The number of nitrogens with zero attached hydrogens (tertiary/aromatic N) is 2. The van der Waals surface area contributed by atoms with Crippen LogP contribution in [0.5, 0.6) is 11.5 Å². The minimum atomic E-state index is -0.275. The normalized spacial score (nSPS) is 10.6. The van der Waals surface area contributed by atoms with Gasteiger partial charge in [0.2, 0.25) is 5.82 Å². The highest BCUT2D eigenvalue weighted by molar-refractivity contribution is 5.77. The molecule has 4 aromatic rings. The molecule has 0 saturated carbocycles. The highest BCUT2D eigenvalue weighted by Gasteiger charge is 2.14. The Labute approximate surface area is 178 Å². The number of aryl methyl sites for hydroxylation is 1. The average Bonchev–Trinajstić information content (AvgIpc) is 3.49. The molecule has 0 saturated heterocycles. The highest BCUT2D eigenvalue weighted by atomic mass is 16.5. The maximum Gasteiger partial charge on any atom is 0.258 e. The molecule has 1 amide bonds. The van der Waals surface area contributed by atoms with Crippen LogP contribution in [-0.2, 0) is 11.3 Å². The molecule has 2 heterocycles. The second-order valence-corrected chi connectivity index (χ2v) is 6.80. The zero-order valence-electron chi connectivity index (χ0n) is 17.1. The van der Waals surface area contributed by atoms with E-state index in [9.17, 15) is 4.79 Å². The fourth-order valence-corrected chi connectivity index (χ4v) is 2.87. The molecule has 4 rings (SSSR count). The van der Waals surface area contributed by atoms with Crippen molar-refractivity contribution in [3.63, 3.8) is 0 Å². The molecule has 31 heavy (non-hydrogen) atoms. The third-order valence-electron chi connectivity index (χ3n) is 4.55. The molecule has 158 valence electrons.